The summed E-state index contributed by atoms with van der Waals surface area (Å²) in [5, 5.41) is 0. The Hall–Kier alpha value is -1.50. The molecule has 0 aromatic heterocycles. The highest BCUT2D eigenvalue weighted by atomic mass is 16.7. The molecule has 1 aliphatic rings. The van der Waals surface area contributed by atoms with Gasteiger partial charge in [0.2, 0.25) is 6.79 Å². The van der Waals surface area contributed by atoms with E-state index in [1.165, 1.54) is 0 Å². The van der Waals surface area contributed by atoms with Gasteiger partial charge < -0.3 is 28.4 Å². The molecule has 1 heterocycles. The summed E-state index contributed by atoms with van der Waals surface area (Å²) in [6.07, 6.45) is 1.91. The SMILES string of the molecule is CCOCCOCCOCCCCOc1ccc2c(c1)OCO2. The molecule has 0 N–H and O–H groups in total. The smallest absolute Gasteiger partial charge is 0.231 e. The van der Waals surface area contributed by atoms with Crippen LogP contribution in [0.2, 0.25) is 0 Å². The van der Waals surface area contributed by atoms with Crippen LogP contribution in [-0.2, 0) is 14.2 Å². The number of unbranched alkanes of at least 4 members (excludes halogenated alkanes) is 1. The van der Waals surface area contributed by atoms with Crippen molar-refractivity contribution in [1.82, 2.24) is 0 Å². The normalized spacial score (nSPS) is 12.6. The topological polar surface area (TPSA) is 55.4 Å². The molecule has 130 valence electrons. The number of benzene rings is 1. The van der Waals surface area contributed by atoms with Crippen LogP contribution in [0.25, 0.3) is 0 Å². The maximum atomic E-state index is 5.68. The lowest BCUT2D eigenvalue weighted by Crippen LogP contribution is -2.10. The van der Waals surface area contributed by atoms with Gasteiger partial charge in [-0.15, -0.1) is 0 Å². The minimum atomic E-state index is 0.283. The van der Waals surface area contributed by atoms with Crippen LogP contribution in [0.4, 0.5) is 0 Å². The molecule has 0 spiro atoms. The molecule has 0 amide bonds. The van der Waals surface area contributed by atoms with Crippen LogP contribution in [0.1, 0.15) is 19.8 Å². The highest BCUT2D eigenvalue weighted by Crippen LogP contribution is 2.35. The molecule has 1 aromatic carbocycles. The first-order valence-corrected chi connectivity index (χ1v) is 8.16. The fraction of sp³-hybridized carbons (Fsp3) is 0.647. The van der Waals surface area contributed by atoms with E-state index in [4.69, 9.17) is 28.4 Å². The largest absolute Gasteiger partial charge is 0.493 e. The van der Waals surface area contributed by atoms with Crippen molar-refractivity contribution >= 4 is 0 Å². The third kappa shape index (κ3) is 7.07. The minimum absolute atomic E-state index is 0.283. The molecule has 2 rings (SSSR count). The number of fused-ring (bicyclic) bond motifs is 1. The second-order valence-electron chi connectivity index (χ2n) is 4.99. The lowest BCUT2D eigenvalue weighted by atomic mass is 10.3. The van der Waals surface area contributed by atoms with E-state index in [9.17, 15) is 0 Å². The Morgan fingerprint density at radius 2 is 1.52 bits per heavy atom. The summed E-state index contributed by atoms with van der Waals surface area (Å²) in [6, 6.07) is 5.62. The van der Waals surface area contributed by atoms with E-state index in [-0.39, 0.29) is 6.79 Å². The molecule has 23 heavy (non-hydrogen) atoms. The Morgan fingerprint density at radius 3 is 2.35 bits per heavy atom. The summed E-state index contributed by atoms with van der Waals surface area (Å²) in [6.45, 7) is 6.87. The van der Waals surface area contributed by atoms with Gasteiger partial charge in [0.1, 0.15) is 5.75 Å². The highest BCUT2D eigenvalue weighted by molar-refractivity contribution is 5.46. The van der Waals surface area contributed by atoms with E-state index in [1.807, 2.05) is 25.1 Å². The van der Waals surface area contributed by atoms with Crippen LogP contribution >= 0.6 is 0 Å². The van der Waals surface area contributed by atoms with E-state index < -0.39 is 0 Å². The first kappa shape index (κ1) is 17.8. The molecule has 6 nitrogen and oxygen atoms in total. The molecular weight excluding hydrogens is 300 g/mol. The Kier molecular flexibility index (Phi) is 8.61. The molecule has 0 saturated heterocycles. The molecule has 0 radical (unpaired) electrons. The average molecular weight is 326 g/mol. The summed E-state index contributed by atoms with van der Waals surface area (Å²) in [5.41, 5.74) is 0. The minimum Gasteiger partial charge on any atom is -0.493 e. The Morgan fingerprint density at radius 1 is 0.826 bits per heavy atom. The van der Waals surface area contributed by atoms with E-state index in [0.717, 1.165) is 43.3 Å². The van der Waals surface area contributed by atoms with Gasteiger partial charge >= 0.3 is 0 Å². The van der Waals surface area contributed by atoms with E-state index in [2.05, 4.69) is 0 Å². The van der Waals surface area contributed by atoms with Gasteiger partial charge in [-0.05, 0) is 31.9 Å². The van der Waals surface area contributed by atoms with Crippen molar-refractivity contribution < 1.29 is 28.4 Å². The molecule has 1 aromatic rings. The van der Waals surface area contributed by atoms with Crippen molar-refractivity contribution in [3.05, 3.63) is 18.2 Å². The van der Waals surface area contributed by atoms with Gasteiger partial charge in [0.05, 0.1) is 33.0 Å². The van der Waals surface area contributed by atoms with Crippen molar-refractivity contribution in [2.24, 2.45) is 0 Å². The summed E-state index contributed by atoms with van der Waals surface area (Å²) in [5.74, 6) is 2.32. The predicted octanol–water partition coefficient (Wildman–Crippen LogP) is 2.64. The molecule has 1 aliphatic heterocycles. The van der Waals surface area contributed by atoms with Crippen molar-refractivity contribution in [1.29, 1.82) is 0 Å². The van der Waals surface area contributed by atoms with Gasteiger partial charge in [0.25, 0.3) is 0 Å². The second kappa shape index (κ2) is 11.1. The lowest BCUT2D eigenvalue weighted by Gasteiger charge is -2.08. The lowest BCUT2D eigenvalue weighted by molar-refractivity contribution is 0.0159. The molecule has 0 fully saturated rings. The van der Waals surface area contributed by atoms with Gasteiger partial charge in [0.15, 0.2) is 11.5 Å². The van der Waals surface area contributed by atoms with Crippen LogP contribution in [0, 0.1) is 0 Å². The summed E-state index contributed by atoms with van der Waals surface area (Å²) in [4.78, 5) is 0. The molecule has 0 atom stereocenters. The van der Waals surface area contributed by atoms with Crippen LogP contribution < -0.4 is 14.2 Å². The van der Waals surface area contributed by atoms with E-state index in [1.54, 1.807) is 0 Å². The summed E-state index contributed by atoms with van der Waals surface area (Å²) in [7, 11) is 0. The Labute approximate surface area is 137 Å². The van der Waals surface area contributed by atoms with E-state index in [0.29, 0.717) is 33.0 Å². The van der Waals surface area contributed by atoms with Crippen LogP contribution in [0.15, 0.2) is 18.2 Å². The number of rotatable bonds is 13. The number of hydrogen-bond donors (Lipinski definition) is 0. The fourth-order valence-electron chi connectivity index (χ4n) is 2.05. The first-order chi connectivity index (χ1) is 11.4. The van der Waals surface area contributed by atoms with Crippen LogP contribution in [0.5, 0.6) is 17.2 Å². The highest BCUT2D eigenvalue weighted by Gasteiger charge is 2.13. The maximum absolute atomic E-state index is 5.68. The third-order valence-electron chi connectivity index (χ3n) is 3.24. The zero-order valence-corrected chi connectivity index (χ0v) is 13.8. The Balaban J connectivity index is 1.40. The van der Waals surface area contributed by atoms with Gasteiger partial charge in [0, 0.05) is 19.3 Å². The zero-order valence-electron chi connectivity index (χ0n) is 13.8. The second-order valence-corrected chi connectivity index (χ2v) is 4.99. The van der Waals surface area contributed by atoms with Crippen molar-refractivity contribution in [2.45, 2.75) is 19.8 Å². The number of ether oxygens (including phenoxy) is 6. The predicted molar refractivity (Wildman–Crippen MR) is 85.4 cm³/mol. The molecule has 0 bridgehead atoms. The fourth-order valence-corrected chi connectivity index (χ4v) is 2.05. The van der Waals surface area contributed by atoms with Crippen LogP contribution in [0.3, 0.4) is 0 Å². The molecule has 6 heteroatoms. The van der Waals surface area contributed by atoms with Crippen molar-refractivity contribution in [3.63, 3.8) is 0 Å². The average Bonchev–Trinajstić information content (AvgIpc) is 3.03. The molecular formula is C17H26O6. The number of hydrogen-bond acceptors (Lipinski definition) is 6. The zero-order chi connectivity index (χ0) is 16.2. The van der Waals surface area contributed by atoms with Crippen LogP contribution in [-0.4, -0.2) is 53.0 Å². The van der Waals surface area contributed by atoms with E-state index >= 15 is 0 Å². The van der Waals surface area contributed by atoms with Gasteiger partial charge in [-0.25, -0.2) is 0 Å². The van der Waals surface area contributed by atoms with Gasteiger partial charge in [-0.1, -0.05) is 0 Å². The summed E-state index contributed by atoms with van der Waals surface area (Å²) >= 11 is 0. The monoisotopic (exact) mass is 326 g/mol. The first-order valence-electron chi connectivity index (χ1n) is 8.16. The third-order valence-corrected chi connectivity index (χ3v) is 3.24. The Bertz CT molecular complexity index is 437. The van der Waals surface area contributed by atoms with Crippen molar-refractivity contribution in [2.75, 3.05) is 53.0 Å². The molecule has 0 saturated carbocycles. The molecule has 0 unspecified atom stereocenters. The standard InChI is InChI=1S/C17H26O6/c1-2-18-9-10-20-12-11-19-7-3-4-8-21-15-5-6-16-17(13-15)23-14-22-16/h5-6,13H,2-4,7-12,14H2,1H3. The molecule has 0 aliphatic carbocycles. The quantitative estimate of drug-likeness (QED) is 0.520. The summed E-state index contributed by atoms with van der Waals surface area (Å²) < 4.78 is 32.3. The van der Waals surface area contributed by atoms with Crippen molar-refractivity contribution in [3.8, 4) is 17.2 Å². The maximum Gasteiger partial charge on any atom is 0.231 e. The van der Waals surface area contributed by atoms with Gasteiger partial charge in [-0.3, -0.25) is 0 Å². The van der Waals surface area contributed by atoms with Gasteiger partial charge in [-0.2, -0.15) is 0 Å².